The monoisotopic (exact) mass is 639 g/mol. The number of para-hydroxylation sites is 1. The van der Waals surface area contributed by atoms with Crippen molar-refractivity contribution in [2.45, 2.75) is 39.6 Å². The molecule has 1 unspecified atom stereocenters. The molecule has 0 spiro atoms. The standard InChI is InChI=1S/C30H38N7O7P/c1-22(2)17-25(29(39)42-18-23-11-7-5-8-12-23)35-45(40,44-24-13-9-6-10-14-24)43-16-15-41-21-37-20-31-26-27(37)33-30(34-28(26)38)32-19-36(3)4/h5-14,19-20,22,25H,15-18,21H2,1-4H3,(H,35,40)(H,33,34,38)/b32-19+/t25-,45?/m0/s1. The fraction of sp³-hybridized carbons (Fsp3) is 0.367. The lowest BCUT2D eigenvalue weighted by molar-refractivity contribution is -0.147. The molecular weight excluding hydrogens is 601 g/mol. The number of benzene rings is 2. The van der Waals surface area contributed by atoms with Crippen LogP contribution in [0.5, 0.6) is 5.75 Å². The van der Waals surface area contributed by atoms with E-state index in [1.165, 1.54) is 12.7 Å². The lowest BCUT2D eigenvalue weighted by atomic mass is 10.1. The second-order valence-electron chi connectivity index (χ2n) is 10.7. The van der Waals surface area contributed by atoms with Crippen molar-refractivity contribution >= 4 is 37.2 Å². The average Bonchev–Trinajstić information content (AvgIpc) is 3.42. The minimum absolute atomic E-state index is 0.00831. The Balaban J connectivity index is 1.41. The van der Waals surface area contributed by atoms with Crippen molar-refractivity contribution in [3.63, 3.8) is 0 Å². The molecule has 45 heavy (non-hydrogen) atoms. The van der Waals surface area contributed by atoms with Crippen LogP contribution >= 0.6 is 7.75 Å². The van der Waals surface area contributed by atoms with E-state index in [-0.39, 0.29) is 49.6 Å². The Morgan fingerprint density at radius 3 is 2.51 bits per heavy atom. The minimum atomic E-state index is -4.10. The lowest BCUT2D eigenvalue weighted by Crippen LogP contribution is -2.38. The number of nitrogens with one attached hydrogen (secondary N) is 2. The molecule has 14 nitrogen and oxygen atoms in total. The highest BCUT2D eigenvalue weighted by Crippen LogP contribution is 2.45. The van der Waals surface area contributed by atoms with Gasteiger partial charge in [-0.25, -0.2) is 14.5 Å². The molecule has 0 bridgehead atoms. The van der Waals surface area contributed by atoms with Crippen molar-refractivity contribution in [3.05, 3.63) is 82.9 Å². The third-order valence-corrected chi connectivity index (χ3v) is 7.69. The molecule has 0 saturated heterocycles. The van der Waals surface area contributed by atoms with Gasteiger partial charge in [-0.1, -0.05) is 62.4 Å². The van der Waals surface area contributed by atoms with Crippen molar-refractivity contribution in [2.24, 2.45) is 10.9 Å². The predicted molar refractivity (Wildman–Crippen MR) is 169 cm³/mol. The molecule has 4 rings (SSSR count). The highest BCUT2D eigenvalue weighted by atomic mass is 31.2. The van der Waals surface area contributed by atoms with Crippen molar-refractivity contribution in [1.29, 1.82) is 0 Å². The number of aliphatic imine (C=N–C) groups is 1. The number of H-pyrrole nitrogens is 1. The maximum absolute atomic E-state index is 14.0. The molecule has 0 saturated carbocycles. The van der Waals surface area contributed by atoms with Crippen LogP contribution in [-0.4, -0.2) is 70.1 Å². The third kappa shape index (κ3) is 10.4. The summed E-state index contributed by atoms with van der Waals surface area (Å²) in [6.45, 7) is 3.77. The predicted octanol–water partition coefficient (Wildman–Crippen LogP) is 4.27. The van der Waals surface area contributed by atoms with Crippen molar-refractivity contribution in [3.8, 4) is 5.75 Å². The summed E-state index contributed by atoms with van der Waals surface area (Å²) in [5.41, 5.74) is 0.820. The van der Waals surface area contributed by atoms with Gasteiger partial charge in [0.15, 0.2) is 11.2 Å². The summed E-state index contributed by atoms with van der Waals surface area (Å²) in [4.78, 5) is 42.4. The fourth-order valence-electron chi connectivity index (χ4n) is 4.05. The maximum atomic E-state index is 14.0. The molecule has 2 atom stereocenters. The van der Waals surface area contributed by atoms with Crippen molar-refractivity contribution in [2.75, 3.05) is 27.3 Å². The first kappa shape index (κ1) is 33.5. The van der Waals surface area contributed by atoms with Gasteiger partial charge in [-0.2, -0.15) is 10.1 Å². The Labute approximate surface area is 261 Å². The number of rotatable bonds is 17. The number of hydrogen-bond acceptors (Lipinski definition) is 10. The Bertz CT molecular complexity index is 1660. The molecule has 0 radical (unpaired) electrons. The van der Waals surface area contributed by atoms with Gasteiger partial charge in [-0.15, -0.1) is 0 Å². The Hall–Kier alpha value is -4.36. The summed E-state index contributed by atoms with van der Waals surface area (Å²) >= 11 is 0. The van der Waals surface area contributed by atoms with Crippen LogP contribution in [0, 0.1) is 5.92 Å². The number of nitrogens with zero attached hydrogens (tertiary/aromatic N) is 5. The first-order chi connectivity index (χ1) is 21.6. The SMILES string of the molecule is CC(C)C[C@H](NP(=O)(OCCOCn1cnc2c(=O)[nH]c(/N=C/N(C)C)nc21)Oc1ccccc1)C(=O)OCc1ccccc1. The zero-order valence-electron chi connectivity index (χ0n) is 25.7. The van der Waals surface area contributed by atoms with Crippen molar-refractivity contribution in [1.82, 2.24) is 29.5 Å². The quantitative estimate of drug-likeness (QED) is 0.0558. The number of ether oxygens (including phenoxy) is 2. The van der Waals surface area contributed by atoms with Gasteiger partial charge in [0.1, 0.15) is 25.1 Å². The number of fused-ring (bicyclic) bond motifs is 1. The van der Waals surface area contributed by atoms with E-state index in [1.807, 2.05) is 44.2 Å². The van der Waals surface area contributed by atoms with E-state index in [0.29, 0.717) is 12.2 Å². The molecule has 15 heteroatoms. The molecule has 0 aliphatic heterocycles. The zero-order valence-corrected chi connectivity index (χ0v) is 26.6. The van der Waals surface area contributed by atoms with Crippen LogP contribution in [0.3, 0.4) is 0 Å². The van der Waals surface area contributed by atoms with Crippen LogP contribution in [0.15, 0.2) is 76.8 Å². The summed E-state index contributed by atoms with van der Waals surface area (Å²) in [7, 11) is -0.512. The molecule has 0 aliphatic rings. The third-order valence-electron chi connectivity index (χ3n) is 6.09. The van der Waals surface area contributed by atoms with E-state index in [9.17, 15) is 14.2 Å². The second kappa shape index (κ2) is 16.1. The van der Waals surface area contributed by atoms with Gasteiger partial charge in [0, 0.05) is 14.1 Å². The Morgan fingerprint density at radius 1 is 1.11 bits per heavy atom. The molecule has 2 N–H and O–H groups in total. The molecule has 0 aliphatic carbocycles. The van der Waals surface area contributed by atoms with E-state index in [2.05, 4.69) is 25.0 Å². The van der Waals surface area contributed by atoms with Crippen LogP contribution in [0.1, 0.15) is 25.8 Å². The highest BCUT2D eigenvalue weighted by molar-refractivity contribution is 7.52. The number of hydrogen-bond donors (Lipinski definition) is 2. The van der Waals surface area contributed by atoms with E-state index in [0.717, 1.165) is 5.56 Å². The molecule has 0 fully saturated rings. The van der Waals surface area contributed by atoms with Gasteiger partial charge in [0.25, 0.3) is 5.56 Å². The average molecular weight is 640 g/mol. The van der Waals surface area contributed by atoms with E-state index in [4.69, 9.17) is 18.5 Å². The number of esters is 1. The highest BCUT2D eigenvalue weighted by Gasteiger charge is 2.35. The van der Waals surface area contributed by atoms with E-state index in [1.54, 1.807) is 53.9 Å². The largest absolute Gasteiger partial charge is 0.460 e. The summed E-state index contributed by atoms with van der Waals surface area (Å²) in [6.07, 6.45) is 3.27. The molecule has 0 amide bonds. The van der Waals surface area contributed by atoms with Gasteiger partial charge in [-0.05, 0) is 30.0 Å². The van der Waals surface area contributed by atoms with Crippen LogP contribution in [0.25, 0.3) is 11.2 Å². The van der Waals surface area contributed by atoms with Crippen LogP contribution in [0.4, 0.5) is 5.95 Å². The summed E-state index contributed by atoms with van der Waals surface area (Å²) in [5.74, 6) is -0.0908. The first-order valence-corrected chi connectivity index (χ1v) is 15.9. The molecular formula is C30H38N7O7P. The number of carbonyl (C=O) groups is 1. The lowest BCUT2D eigenvalue weighted by Gasteiger charge is -2.25. The molecule has 240 valence electrons. The van der Waals surface area contributed by atoms with Crippen LogP contribution in [-0.2, 0) is 36.7 Å². The molecule has 2 heterocycles. The Kier molecular flexibility index (Phi) is 12.0. The van der Waals surface area contributed by atoms with Crippen LogP contribution < -0.4 is 15.2 Å². The van der Waals surface area contributed by atoms with E-state index < -0.39 is 25.3 Å². The van der Waals surface area contributed by atoms with E-state index >= 15 is 0 Å². The summed E-state index contributed by atoms with van der Waals surface area (Å²) in [6, 6.07) is 16.8. The summed E-state index contributed by atoms with van der Waals surface area (Å²) < 4.78 is 38.3. The number of carbonyl (C=O) groups excluding carboxylic acids is 1. The second-order valence-corrected chi connectivity index (χ2v) is 12.4. The number of aromatic amines is 1. The van der Waals surface area contributed by atoms with Crippen molar-refractivity contribution < 1.29 is 27.9 Å². The normalized spacial score (nSPS) is 13.6. The van der Waals surface area contributed by atoms with Gasteiger partial charge in [0.2, 0.25) is 5.95 Å². The Morgan fingerprint density at radius 2 is 1.82 bits per heavy atom. The van der Waals surface area contributed by atoms with Gasteiger partial charge < -0.3 is 18.9 Å². The maximum Gasteiger partial charge on any atom is 0.459 e. The summed E-state index contributed by atoms with van der Waals surface area (Å²) in [5, 5.41) is 2.81. The number of aromatic nitrogens is 4. The topological polar surface area (TPSA) is 162 Å². The first-order valence-electron chi connectivity index (χ1n) is 14.3. The van der Waals surface area contributed by atoms with Crippen LogP contribution in [0.2, 0.25) is 0 Å². The van der Waals surface area contributed by atoms with Gasteiger partial charge in [-0.3, -0.25) is 23.7 Å². The van der Waals surface area contributed by atoms with Gasteiger partial charge >= 0.3 is 13.7 Å². The van der Waals surface area contributed by atoms with Gasteiger partial charge in [0.05, 0.1) is 25.9 Å². The molecule has 2 aromatic carbocycles. The zero-order chi connectivity index (χ0) is 32.2. The smallest absolute Gasteiger partial charge is 0.459 e. The number of imidazole rings is 1. The minimum Gasteiger partial charge on any atom is -0.460 e. The molecule has 2 aromatic heterocycles. The molecule has 4 aromatic rings. The fourth-order valence-corrected chi connectivity index (χ4v) is 5.54.